The number of hydrogen-bond acceptors (Lipinski definition) is 8. The molecule has 1 fully saturated rings. The van der Waals surface area contributed by atoms with Crippen LogP contribution in [0.5, 0.6) is 5.75 Å². The fraction of sp³-hybridized carbons (Fsp3) is 0.522. The molecule has 9 heteroatoms. The van der Waals surface area contributed by atoms with Gasteiger partial charge in [-0.05, 0) is 43.4 Å². The quantitative estimate of drug-likeness (QED) is 0.336. The predicted octanol–water partition coefficient (Wildman–Crippen LogP) is 2.65. The second kappa shape index (κ2) is 9.70. The highest BCUT2D eigenvalue weighted by molar-refractivity contribution is 5.86. The second-order valence-corrected chi connectivity index (χ2v) is 8.71. The van der Waals surface area contributed by atoms with Crippen molar-refractivity contribution in [2.24, 2.45) is 5.73 Å². The van der Waals surface area contributed by atoms with E-state index in [9.17, 15) is 0 Å². The van der Waals surface area contributed by atoms with Gasteiger partial charge in [-0.2, -0.15) is 10.1 Å². The Labute approximate surface area is 188 Å². The van der Waals surface area contributed by atoms with Gasteiger partial charge in [0.05, 0.1) is 19.9 Å². The van der Waals surface area contributed by atoms with Crippen LogP contribution in [0.15, 0.2) is 24.4 Å². The highest BCUT2D eigenvalue weighted by atomic mass is 16.5. The number of nitrogens with one attached hydrogen (secondary N) is 2. The normalized spacial score (nSPS) is 15.0. The van der Waals surface area contributed by atoms with Gasteiger partial charge in [-0.15, -0.1) is 0 Å². The lowest BCUT2D eigenvalue weighted by atomic mass is 9.78. The summed E-state index contributed by atoms with van der Waals surface area (Å²) in [5.74, 6) is 1.78. The number of unbranched alkanes of at least 4 members (excludes halogenated alkanes) is 1. The number of methoxy groups -OCH3 is 1. The molecule has 4 rings (SSSR count). The molecule has 9 nitrogen and oxygen atoms in total. The summed E-state index contributed by atoms with van der Waals surface area (Å²) >= 11 is 0. The molecule has 0 aliphatic heterocycles. The highest BCUT2D eigenvalue weighted by Gasteiger charge is 2.31. The van der Waals surface area contributed by atoms with E-state index in [-0.39, 0.29) is 11.5 Å². The third-order valence-electron chi connectivity index (χ3n) is 6.15. The first-order valence-electron chi connectivity index (χ1n) is 11.4. The molecule has 1 aliphatic carbocycles. The van der Waals surface area contributed by atoms with Gasteiger partial charge < -0.3 is 26.8 Å². The van der Waals surface area contributed by atoms with E-state index in [1.165, 1.54) is 12.0 Å². The van der Waals surface area contributed by atoms with Gasteiger partial charge in [0, 0.05) is 30.7 Å². The molecule has 0 bridgehead atoms. The van der Waals surface area contributed by atoms with Crippen LogP contribution < -0.4 is 26.8 Å². The smallest absolute Gasteiger partial charge is 0.222 e. The van der Waals surface area contributed by atoms with Gasteiger partial charge in [-0.1, -0.05) is 19.4 Å². The minimum Gasteiger partial charge on any atom is -0.496 e. The molecular formula is C23H34N8O. The zero-order valence-corrected chi connectivity index (χ0v) is 19.0. The molecule has 1 aromatic carbocycles. The van der Waals surface area contributed by atoms with E-state index < -0.39 is 0 Å². The minimum atomic E-state index is -0.0354. The molecule has 172 valence electrons. The van der Waals surface area contributed by atoms with Gasteiger partial charge in [0.25, 0.3) is 0 Å². The van der Waals surface area contributed by atoms with Crippen molar-refractivity contribution < 1.29 is 4.74 Å². The van der Waals surface area contributed by atoms with Gasteiger partial charge >= 0.3 is 0 Å². The molecule has 0 unspecified atom stereocenters. The Morgan fingerprint density at radius 2 is 2.09 bits per heavy atom. The minimum absolute atomic E-state index is 0.0354. The molecule has 0 atom stereocenters. The third-order valence-corrected chi connectivity index (χ3v) is 6.15. The number of nitrogens with two attached hydrogens (primary N) is 2. The molecule has 2 heterocycles. The van der Waals surface area contributed by atoms with Crippen LogP contribution in [0.3, 0.4) is 0 Å². The first-order valence-corrected chi connectivity index (χ1v) is 11.4. The van der Waals surface area contributed by atoms with Crippen LogP contribution in [0.4, 0.5) is 11.8 Å². The Balaban J connectivity index is 1.55. The summed E-state index contributed by atoms with van der Waals surface area (Å²) in [5.41, 5.74) is 16.0. The molecular weight excluding hydrogens is 404 g/mol. The molecule has 0 spiro atoms. The van der Waals surface area contributed by atoms with E-state index in [2.05, 4.69) is 44.8 Å². The van der Waals surface area contributed by atoms with E-state index in [1.807, 2.05) is 10.7 Å². The molecule has 1 aliphatic rings. The number of anilines is 2. The van der Waals surface area contributed by atoms with Crippen LogP contribution in [-0.2, 0) is 13.1 Å². The number of nitrogen functional groups attached to an aromatic ring is 1. The number of benzene rings is 1. The monoisotopic (exact) mass is 438 g/mol. The van der Waals surface area contributed by atoms with Crippen molar-refractivity contribution in [2.45, 2.75) is 57.7 Å². The zero-order chi connectivity index (χ0) is 22.6. The molecule has 6 N–H and O–H groups in total. The van der Waals surface area contributed by atoms with Gasteiger partial charge in [0.1, 0.15) is 16.8 Å². The van der Waals surface area contributed by atoms with Crippen molar-refractivity contribution >= 4 is 22.8 Å². The van der Waals surface area contributed by atoms with Crippen molar-refractivity contribution in [1.82, 2.24) is 25.1 Å². The Morgan fingerprint density at radius 1 is 1.25 bits per heavy atom. The van der Waals surface area contributed by atoms with Crippen LogP contribution in [0.1, 0.15) is 50.2 Å². The average molecular weight is 439 g/mol. The van der Waals surface area contributed by atoms with Gasteiger partial charge in [0.15, 0.2) is 5.82 Å². The van der Waals surface area contributed by atoms with Crippen LogP contribution in [0, 0.1) is 0 Å². The number of rotatable bonds is 11. The summed E-state index contributed by atoms with van der Waals surface area (Å²) in [6.07, 6.45) is 7.30. The first kappa shape index (κ1) is 22.3. The summed E-state index contributed by atoms with van der Waals surface area (Å²) in [4.78, 5) is 8.78. The van der Waals surface area contributed by atoms with Crippen LogP contribution >= 0.6 is 0 Å². The molecule has 0 amide bonds. The molecule has 1 saturated carbocycles. The van der Waals surface area contributed by atoms with Crippen molar-refractivity contribution in [3.63, 3.8) is 0 Å². The first-order chi connectivity index (χ1) is 15.5. The molecule has 2 aromatic heterocycles. The van der Waals surface area contributed by atoms with Crippen LogP contribution in [0.25, 0.3) is 11.0 Å². The van der Waals surface area contributed by atoms with Crippen molar-refractivity contribution in [2.75, 3.05) is 31.2 Å². The number of hydrogen-bond donors (Lipinski definition) is 4. The standard InChI is InChI=1S/C23H34N8O/c1-3-4-10-27-21-20-18(29-22(24)30-21)13-28-31(20)14-17-11-16(6-7-19(17)32-2)12-26-15-23(25)8-5-9-23/h6-7,11,13,26H,3-5,8-10,12,14-15,25H2,1-2H3,(H3,24,27,29,30). The number of nitrogens with zero attached hydrogens (tertiary/aromatic N) is 4. The largest absolute Gasteiger partial charge is 0.496 e. The zero-order valence-electron chi connectivity index (χ0n) is 19.0. The predicted molar refractivity (Wildman–Crippen MR) is 128 cm³/mol. The van der Waals surface area contributed by atoms with E-state index in [0.29, 0.717) is 12.4 Å². The van der Waals surface area contributed by atoms with Gasteiger partial charge in [-0.3, -0.25) is 4.68 Å². The van der Waals surface area contributed by atoms with Gasteiger partial charge in [0.2, 0.25) is 5.95 Å². The van der Waals surface area contributed by atoms with E-state index in [0.717, 1.165) is 67.7 Å². The SMILES string of the molecule is CCCCNc1nc(N)nc2cnn(Cc3cc(CNCC4(N)CCC4)ccc3OC)c12. The Hall–Kier alpha value is -2.91. The second-order valence-electron chi connectivity index (χ2n) is 8.71. The van der Waals surface area contributed by atoms with Crippen molar-refractivity contribution in [3.8, 4) is 5.75 Å². The van der Waals surface area contributed by atoms with E-state index in [4.69, 9.17) is 16.2 Å². The molecule has 32 heavy (non-hydrogen) atoms. The Morgan fingerprint density at radius 3 is 2.81 bits per heavy atom. The topological polar surface area (TPSA) is 129 Å². The molecule has 0 saturated heterocycles. The lowest BCUT2D eigenvalue weighted by Crippen LogP contribution is -2.53. The molecule has 3 aromatic rings. The average Bonchev–Trinajstić information content (AvgIpc) is 3.15. The summed E-state index contributed by atoms with van der Waals surface area (Å²) < 4.78 is 7.53. The fourth-order valence-corrected chi connectivity index (χ4v) is 4.13. The Bertz CT molecular complexity index is 1060. The number of fused-ring (bicyclic) bond motifs is 1. The summed E-state index contributed by atoms with van der Waals surface area (Å²) in [5, 5.41) is 11.5. The molecule has 0 radical (unpaired) electrons. The maximum atomic E-state index is 6.33. The summed E-state index contributed by atoms with van der Waals surface area (Å²) in [6.45, 7) is 5.12. The maximum absolute atomic E-state index is 6.33. The summed E-state index contributed by atoms with van der Waals surface area (Å²) in [6, 6.07) is 6.25. The van der Waals surface area contributed by atoms with Crippen molar-refractivity contribution in [1.29, 1.82) is 0 Å². The fourth-order valence-electron chi connectivity index (χ4n) is 4.13. The highest BCUT2D eigenvalue weighted by Crippen LogP contribution is 2.29. The van der Waals surface area contributed by atoms with E-state index in [1.54, 1.807) is 13.3 Å². The Kier molecular flexibility index (Phi) is 6.76. The maximum Gasteiger partial charge on any atom is 0.222 e. The lowest BCUT2D eigenvalue weighted by molar-refractivity contribution is 0.239. The van der Waals surface area contributed by atoms with Crippen molar-refractivity contribution in [3.05, 3.63) is 35.5 Å². The van der Waals surface area contributed by atoms with E-state index >= 15 is 0 Å². The number of aromatic nitrogens is 4. The third kappa shape index (κ3) is 4.94. The van der Waals surface area contributed by atoms with Crippen LogP contribution in [-0.4, -0.2) is 45.5 Å². The lowest BCUT2D eigenvalue weighted by Gasteiger charge is -2.38. The van der Waals surface area contributed by atoms with Crippen LogP contribution in [0.2, 0.25) is 0 Å². The number of ether oxygens (including phenoxy) is 1. The summed E-state index contributed by atoms with van der Waals surface area (Å²) in [7, 11) is 1.69. The van der Waals surface area contributed by atoms with Gasteiger partial charge in [-0.25, -0.2) is 4.98 Å².